The summed E-state index contributed by atoms with van der Waals surface area (Å²) in [5.41, 5.74) is 0. The Morgan fingerprint density at radius 1 is 0.577 bits per heavy atom. The summed E-state index contributed by atoms with van der Waals surface area (Å²) in [5.74, 6) is 0. The monoisotopic (exact) mass is 437 g/mol. The highest BCUT2D eigenvalue weighted by Gasteiger charge is 2.49. The molecule has 0 aliphatic heterocycles. The van der Waals surface area contributed by atoms with E-state index in [0.717, 1.165) is 0 Å². The van der Waals surface area contributed by atoms with Crippen LogP contribution in [0, 0.1) is 0 Å². The Kier molecular flexibility index (Phi) is 12.6. The van der Waals surface area contributed by atoms with Crippen LogP contribution in [0.2, 0.25) is 0 Å². The lowest BCUT2D eigenvalue weighted by Gasteiger charge is -2.25. The van der Waals surface area contributed by atoms with Crippen LogP contribution < -0.4 is 0 Å². The summed E-state index contributed by atoms with van der Waals surface area (Å²) in [6, 6.07) is 0. The van der Waals surface area contributed by atoms with Gasteiger partial charge < -0.3 is 18.1 Å². The van der Waals surface area contributed by atoms with E-state index in [0.29, 0.717) is 0 Å². The minimum Gasteiger partial charge on any atom is -0.304 e. The second-order valence-corrected chi connectivity index (χ2v) is 10.2. The fourth-order valence-electron chi connectivity index (χ4n) is 1.78. The van der Waals surface area contributed by atoms with Gasteiger partial charge in [0.2, 0.25) is 5.19 Å². The Morgan fingerprint density at radius 2 is 0.846 bits per heavy atom. The second kappa shape index (κ2) is 12.6. The van der Waals surface area contributed by atoms with Gasteiger partial charge in [-0.3, -0.25) is 18.2 Å². The molecule has 0 N–H and O–H groups in total. The Morgan fingerprint density at radius 3 is 1.08 bits per heavy atom. The number of nitrogens with zero attached hydrogens (tertiary/aromatic N) is 1. The molecule has 0 aliphatic rings. The van der Waals surface area contributed by atoms with E-state index in [1.807, 2.05) is 0 Å². The van der Waals surface area contributed by atoms with Crippen molar-refractivity contribution in [2.24, 2.45) is 4.76 Å². The van der Waals surface area contributed by atoms with E-state index < -0.39 is 28.1 Å². The van der Waals surface area contributed by atoms with E-state index in [1.54, 1.807) is 41.5 Å². The molecule has 0 heterocycles. The smallest absolute Gasteiger partial charge is 0.304 e. The zero-order valence-corrected chi connectivity index (χ0v) is 18.9. The van der Waals surface area contributed by atoms with Gasteiger partial charge in [0.25, 0.3) is 0 Å². The minimum atomic E-state index is -4.25. The first-order valence-corrected chi connectivity index (χ1v) is 13.1. The zero-order valence-electron chi connectivity index (χ0n) is 16.2. The van der Waals surface area contributed by atoms with Crippen molar-refractivity contribution < 1.29 is 40.8 Å². The molecule has 0 aromatic heterocycles. The third-order valence-corrected chi connectivity index (χ3v) is 9.45. The SMILES string of the molecule is CCOP(=O)(N=C(P(=O)(OCC)OCC)P(=O)(OCC)OCC)OCC. The van der Waals surface area contributed by atoms with Gasteiger partial charge in [-0.05, 0) is 41.5 Å². The molecule has 0 aromatic carbocycles. The van der Waals surface area contributed by atoms with Gasteiger partial charge in [0.15, 0.2) is 0 Å². The van der Waals surface area contributed by atoms with Crippen molar-refractivity contribution in [1.29, 1.82) is 0 Å². The molecule has 0 saturated heterocycles. The Balaban J connectivity index is 6.58. The highest BCUT2D eigenvalue weighted by atomic mass is 31.2. The maximum atomic E-state index is 13.3. The van der Waals surface area contributed by atoms with Gasteiger partial charge in [0, 0.05) is 0 Å². The molecule has 0 aliphatic carbocycles. The summed E-state index contributed by atoms with van der Waals surface area (Å²) in [7, 11) is -12.6. The van der Waals surface area contributed by atoms with E-state index in [2.05, 4.69) is 4.76 Å². The lowest BCUT2D eigenvalue weighted by Crippen LogP contribution is -2.13. The summed E-state index contributed by atoms with van der Waals surface area (Å²) in [6.07, 6.45) is 0. The third kappa shape index (κ3) is 7.63. The van der Waals surface area contributed by atoms with Crippen LogP contribution >= 0.6 is 22.9 Å². The lowest BCUT2D eigenvalue weighted by molar-refractivity contribution is 0.216. The molecular formula is C13H30NO9P3. The molecule has 0 rings (SSSR count). The summed E-state index contributed by atoms with van der Waals surface area (Å²) >= 11 is 0. The van der Waals surface area contributed by atoms with E-state index in [9.17, 15) is 13.7 Å². The normalized spacial score (nSPS) is 13.0. The predicted octanol–water partition coefficient (Wildman–Crippen LogP) is 5.06. The van der Waals surface area contributed by atoms with Gasteiger partial charge in [-0.25, -0.2) is 4.57 Å². The Hall–Kier alpha value is 0.120. The topological polar surface area (TPSA) is 119 Å². The maximum Gasteiger partial charge on any atom is 0.454 e. The molecule has 0 unspecified atom stereocenters. The zero-order chi connectivity index (χ0) is 20.3. The quantitative estimate of drug-likeness (QED) is 0.256. The Bertz CT molecular complexity index is 519. The van der Waals surface area contributed by atoms with Gasteiger partial charge in [0.05, 0.1) is 39.6 Å². The van der Waals surface area contributed by atoms with E-state index in [4.69, 9.17) is 27.1 Å². The fraction of sp³-hybridized carbons (Fsp3) is 0.923. The van der Waals surface area contributed by atoms with Crippen LogP contribution in [-0.2, 0) is 40.8 Å². The van der Waals surface area contributed by atoms with Crippen molar-refractivity contribution in [2.75, 3.05) is 39.6 Å². The number of hydrogen-bond acceptors (Lipinski definition) is 9. The molecular weight excluding hydrogens is 407 g/mol. The Labute approximate surface area is 155 Å². The average Bonchev–Trinajstić information content (AvgIpc) is 2.54. The van der Waals surface area contributed by atoms with Crippen LogP contribution in [0.15, 0.2) is 4.76 Å². The van der Waals surface area contributed by atoms with Crippen molar-refractivity contribution in [3.05, 3.63) is 0 Å². The first kappa shape index (κ1) is 26.1. The summed E-state index contributed by atoms with van der Waals surface area (Å²) in [6.45, 7) is 9.27. The molecule has 0 atom stereocenters. The van der Waals surface area contributed by atoms with Crippen molar-refractivity contribution in [2.45, 2.75) is 41.5 Å². The largest absolute Gasteiger partial charge is 0.454 e. The van der Waals surface area contributed by atoms with E-state index in [-0.39, 0.29) is 39.6 Å². The van der Waals surface area contributed by atoms with Crippen LogP contribution in [0.4, 0.5) is 0 Å². The minimum absolute atomic E-state index is 0.00476. The predicted molar refractivity (Wildman–Crippen MR) is 100 cm³/mol. The van der Waals surface area contributed by atoms with Crippen molar-refractivity contribution in [1.82, 2.24) is 0 Å². The van der Waals surface area contributed by atoms with Gasteiger partial charge in [-0.15, -0.1) is 0 Å². The van der Waals surface area contributed by atoms with Crippen LogP contribution in [0.25, 0.3) is 0 Å². The first-order valence-electron chi connectivity index (χ1n) is 8.49. The molecule has 0 amide bonds. The highest BCUT2D eigenvalue weighted by molar-refractivity contribution is 7.99. The van der Waals surface area contributed by atoms with Crippen LogP contribution in [0.3, 0.4) is 0 Å². The molecule has 0 bridgehead atoms. The second-order valence-electron chi connectivity index (χ2n) is 4.37. The number of hydrogen-bond donors (Lipinski definition) is 0. The molecule has 0 spiro atoms. The molecule has 0 saturated carbocycles. The van der Waals surface area contributed by atoms with E-state index in [1.165, 1.54) is 0 Å². The molecule has 0 radical (unpaired) electrons. The summed E-state index contributed by atoms with van der Waals surface area (Å²) < 4.78 is 74.2. The summed E-state index contributed by atoms with van der Waals surface area (Å²) in [5, 5.41) is -0.720. The number of rotatable bonds is 15. The molecule has 0 fully saturated rings. The fourth-order valence-corrected chi connectivity index (χ4v) is 8.23. The van der Waals surface area contributed by atoms with Crippen LogP contribution in [-0.4, -0.2) is 44.8 Å². The van der Waals surface area contributed by atoms with Gasteiger partial charge >= 0.3 is 22.9 Å². The molecule has 156 valence electrons. The van der Waals surface area contributed by atoms with Crippen molar-refractivity contribution in [3.8, 4) is 0 Å². The molecule has 10 nitrogen and oxygen atoms in total. The summed E-state index contributed by atoms with van der Waals surface area (Å²) in [4.78, 5) is 0. The van der Waals surface area contributed by atoms with E-state index >= 15 is 0 Å². The molecule has 26 heavy (non-hydrogen) atoms. The lowest BCUT2D eigenvalue weighted by atomic mass is 10.9. The van der Waals surface area contributed by atoms with Gasteiger partial charge in [-0.2, -0.15) is 4.76 Å². The molecule has 13 heteroatoms. The van der Waals surface area contributed by atoms with Crippen molar-refractivity contribution >= 4 is 28.1 Å². The van der Waals surface area contributed by atoms with Gasteiger partial charge in [0.1, 0.15) is 0 Å². The van der Waals surface area contributed by atoms with Gasteiger partial charge in [-0.1, -0.05) is 0 Å². The average molecular weight is 437 g/mol. The standard InChI is InChI=1S/C13H30NO9P3/c1-7-18-24(15,19-8-2)13(25(16,20-9-3)21-10-4)14-26(17,22-11-5)23-12-6/h7-12H2,1-6H3. The highest BCUT2D eigenvalue weighted by Crippen LogP contribution is 2.69. The van der Waals surface area contributed by atoms with Crippen LogP contribution in [0.5, 0.6) is 0 Å². The maximum absolute atomic E-state index is 13.3. The molecule has 0 aromatic rings. The van der Waals surface area contributed by atoms with Crippen molar-refractivity contribution in [3.63, 3.8) is 0 Å². The van der Waals surface area contributed by atoms with Crippen LogP contribution in [0.1, 0.15) is 41.5 Å². The third-order valence-electron chi connectivity index (χ3n) is 2.48. The first-order chi connectivity index (χ1) is 12.2.